The summed E-state index contributed by atoms with van der Waals surface area (Å²) in [7, 11) is 0. The van der Waals surface area contributed by atoms with Gasteiger partial charge in [-0.2, -0.15) is 0 Å². The molecule has 0 N–H and O–H groups in total. The van der Waals surface area contributed by atoms with Gasteiger partial charge in [-0.15, -0.1) is 0 Å². The number of ether oxygens (including phenoxy) is 2. The summed E-state index contributed by atoms with van der Waals surface area (Å²) in [5.74, 6) is 1.61. The Balaban J connectivity index is 1.61. The van der Waals surface area contributed by atoms with Crippen molar-refractivity contribution in [2.45, 2.75) is 51.7 Å². The van der Waals surface area contributed by atoms with Gasteiger partial charge in [-0.25, -0.2) is 4.98 Å². The van der Waals surface area contributed by atoms with Crippen LogP contribution in [-0.4, -0.2) is 45.7 Å². The topological polar surface area (TPSA) is 56.6 Å². The maximum absolute atomic E-state index is 12.8. The van der Waals surface area contributed by atoms with E-state index in [1.54, 1.807) is 6.33 Å². The third-order valence-corrected chi connectivity index (χ3v) is 5.07. The van der Waals surface area contributed by atoms with Crippen LogP contribution < -0.4 is 9.47 Å². The van der Waals surface area contributed by atoms with Gasteiger partial charge in [0.2, 0.25) is 5.91 Å². The van der Waals surface area contributed by atoms with E-state index >= 15 is 0 Å². The highest BCUT2D eigenvalue weighted by molar-refractivity contribution is 5.83. The fourth-order valence-electron chi connectivity index (χ4n) is 3.86. The molecule has 2 aliphatic heterocycles. The summed E-state index contributed by atoms with van der Waals surface area (Å²) in [5.41, 5.74) is 1.73. The maximum Gasteiger partial charge on any atom is 0.243 e. The Morgan fingerprint density at radius 3 is 2.54 bits per heavy atom. The van der Waals surface area contributed by atoms with E-state index in [1.165, 1.54) is 6.42 Å². The molecule has 2 aromatic rings. The van der Waals surface area contributed by atoms with Crippen molar-refractivity contribution < 1.29 is 14.3 Å². The Labute approximate surface area is 141 Å². The van der Waals surface area contributed by atoms with Crippen LogP contribution in [-0.2, 0) is 11.3 Å². The van der Waals surface area contributed by atoms with Crippen LogP contribution in [0.5, 0.6) is 11.5 Å². The molecule has 0 bridgehead atoms. The summed E-state index contributed by atoms with van der Waals surface area (Å²) in [5, 5.41) is 0. The fourth-order valence-corrected chi connectivity index (χ4v) is 3.86. The number of likely N-dealkylation sites (tertiary alicyclic amines) is 1. The number of hydrogen-bond acceptors (Lipinski definition) is 4. The molecule has 0 spiro atoms. The van der Waals surface area contributed by atoms with Gasteiger partial charge >= 0.3 is 0 Å². The molecule has 6 nitrogen and oxygen atoms in total. The molecule has 0 aliphatic carbocycles. The molecule has 1 saturated heterocycles. The van der Waals surface area contributed by atoms with Crippen LogP contribution in [0.4, 0.5) is 0 Å². The molecule has 1 aromatic heterocycles. The first kappa shape index (κ1) is 15.3. The lowest BCUT2D eigenvalue weighted by atomic mass is 9.97. The minimum atomic E-state index is 0.156. The molecule has 0 radical (unpaired) electrons. The molecule has 128 valence electrons. The summed E-state index contributed by atoms with van der Waals surface area (Å²) >= 11 is 0. The standard InChI is InChI=1S/C18H23N3O3/c1-12-4-3-5-13(2)21(12)18(22)10-20-11-19-14-8-16-17(9-15(14)20)24-7-6-23-16/h8-9,11-13H,3-7,10H2,1-2H3/t12-,13-/m1/s1. The number of carbonyl (C=O) groups excluding carboxylic acids is 1. The monoisotopic (exact) mass is 329 g/mol. The second-order valence-corrected chi connectivity index (χ2v) is 6.79. The van der Waals surface area contributed by atoms with E-state index in [2.05, 4.69) is 18.8 Å². The number of aromatic nitrogens is 2. The smallest absolute Gasteiger partial charge is 0.243 e. The zero-order chi connectivity index (χ0) is 16.7. The van der Waals surface area contributed by atoms with Crippen molar-refractivity contribution >= 4 is 16.9 Å². The van der Waals surface area contributed by atoms with Crippen molar-refractivity contribution in [1.82, 2.24) is 14.5 Å². The van der Waals surface area contributed by atoms with E-state index in [-0.39, 0.29) is 5.91 Å². The van der Waals surface area contributed by atoms with Gasteiger partial charge < -0.3 is 18.9 Å². The van der Waals surface area contributed by atoms with Gasteiger partial charge in [0, 0.05) is 24.2 Å². The molecule has 1 amide bonds. The molecule has 6 heteroatoms. The average Bonchev–Trinajstić information content (AvgIpc) is 2.94. The first-order valence-electron chi connectivity index (χ1n) is 8.69. The van der Waals surface area contributed by atoms with E-state index in [9.17, 15) is 4.79 Å². The number of rotatable bonds is 2. The Morgan fingerprint density at radius 1 is 1.17 bits per heavy atom. The third-order valence-electron chi connectivity index (χ3n) is 5.07. The van der Waals surface area contributed by atoms with E-state index in [0.717, 1.165) is 35.4 Å². The summed E-state index contributed by atoms with van der Waals surface area (Å²) in [6.45, 7) is 5.70. The number of imidazole rings is 1. The first-order valence-corrected chi connectivity index (χ1v) is 8.69. The molecule has 4 rings (SSSR count). The van der Waals surface area contributed by atoms with E-state index in [4.69, 9.17) is 9.47 Å². The van der Waals surface area contributed by atoms with Gasteiger partial charge in [0.05, 0.1) is 17.4 Å². The highest BCUT2D eigenvalue weighted by atomic mass is 16.6. The van der Waals surface area contributed by atoms with Gasteiger partial charge in [-0.3, -0.25) is 4.79 Å². The molecule has 24 heavy (non-hydrogen) atoms. The van der Waals surface area contributed by atoms with Gasteiger partial charge in [0.15, 0.2) is 11.5 Å². The molecule has 1 fully saturated rings. The quantitative estimate of drug-likeness (QED) is 0.850. The largest absolute Gasteiger partial charge is 0.486 e. The second kappa shape index (κ2) is 6.00. The number of nitrogens with zero attached hydrogens (tertiary/aromatic N) is 3. The normalized spacial score (nSPS) is 23.5. The van der Waals surface area contributed by atoms with Crippen molar-refractivity contribution in [3.8, 4) is 11.5 Å². The summed E-state index contributed by atoms with van der Waals surface area (Å²) in [4.78, 5) is 19.3. The zero-order valence-corrected chi connectivity index (χ0v) is 14.2. The SMILES string of the molecule is C[C@@H]1CCC[C@@H](C)N1C(=O)Cn1cnc2cc3c(cc21)OCCO3. The van der Waals surface area contributed by atoms with Crippen molar-refractivity contribution in [3.63, 3.8) is 0 Å². The van der Waals surface area contributed by atoms with Crippen LogP contribution in [0.15, 0.2) is 18.5 Å². The van der Waals surface area contributed by atoms with Gasteiger partial charge in [-0.05, 0) is 33.1 Å². The molecule has 2 atom stereocenters. The van der Waals surface area contributed by atoms with Gasteiger partial charge in [0.25, 0.3) is 0 Å². The fraction of sp³-hybridized carbons (Fsp3) is 0.556. The molecule has 1 aromatic carbocycles. The van der Waals surface area contributed by atoms with E-state index in [1.807, 2.05) is 21.6 Å². The van der Waals surface area contributed by atoms with Gasteiger partial charge in [-0.1, -0.05) is 0 Å². The summed E-state index contributed by atoms with van der Waals surface area (Å²) < 4.78 is 13.2. The highest BCUT2D eigenvalue weighted by Crippen LogP contribution is 2.34. The third kappa shape index (κ3) is 2.60. The Bertz CT molecular complexity index is 760. The van der Waals surface area contributed by atoms with Crippen molar-refractivity contribution in [3.05, 3.63) is 18.5 Å². The summed E-state index contributed by atoms with van der Waals surface area (Å²) in [6, 6.07) is 4.42. The van der Waals surface area contributed by atoms with Crippen molar-refractivity contribution in [2.75, 3.05) is 13.2 Å². The number of fused-ring (bicyclic) bond motifs is 2. The van der Waals surface area contributed by atoms with Gasteiger partial charge in [0.1, 0.15) is 19.8 Å². The molecule has 2 aliphatic rings. The minimum Gasteiger partial charge on any atom is -0.486 e. The molecular weight excluding hydrogens is 306 g/mol. The highest BCUT2D eigenvalue weighted by Gasteiger charge is 2.29. The van der Waals surface area contributed by atoms with Crippen LogP contribution >= 0.6 is 0 Å². The lowest BCUT2D eigenvalue weighted by Gasteiger charge is -2.39. The second-order valence-electron chi connectivity index (χ2n) is 6.79. The Kier molecular flexibility index (Phi) is 3.82. The molecule has 0 saturated carbocycles. The Hall–Kier alpha value is -2.24. The minimum absolute atomic E-state index is 0.156. The van der Waals surface area contributed by atoms with E-state index < -0.39 is 0 Å². The van der Waals surface area contributed by atoms with Crippen LogP contribution in [0.25, 0.3) is 11.0 Å². The number of carbonyl (C=O) groups is 1. The first-order chi connectivity index (χ1) is 11.6. The number of piperidine rings is 1. The predicted octanol–water partition coefficient (Wildman–Crippen LogP) is 2.60. The number of benzene rings is 1. The lowest BCUT2D eigenvalue weighted by molar-refractivity contribution is -0.137. The molecular formula is C18H23N3O3. The molecule has 0 unspecified atom stereocenters. The van der Waals surface area contributed by atoms with Crippen LogP contribution in [0.2, 0.25) is 0 Å². The van der Waals surface area contributed by atoms with Crippen LogP contribution in [0.1, 0.15) is 33.1 Å². The number of hydrogen-bond donors (Lipinski definition) is 0. The maximum atomic E-state index is 12.8. The van der Waals surface area contributed by atoms with Crippen molar-refractivity contribution in [2.24, 2.45) is 0 Å². The van der Waals surface area contributed by atoms with E-state index in [0.29, 0.717) is 31.8 Å². The predicted molar refractivity (Wildman–Crippen MR) is 90.3 cm³/mol. The summed E-state index contributed by atoms with van der Waals surface area (Å²) in [6.07, 6.45) is 5.09. The average molecular weight is 329 g/mol. The number of amides is 1. The van der Waals surface area contributed by atoms with Crippen LogP contribution in [0, 0.1) is 0 Å². The molecule has 3 heterocycles. The Morgan fingerprint density at radius 2 is 1.83 bits per heavy atom. The van der Waals surface area contributed by atoms with Crippen LogP contribution in [0.3, 0.4) is 0 Å². The van der Waals surface area contributed by atoms with Crippen molar-refractivity contribution in [1.29, 1.82) is 0 Å². The zero-order valence-electron chi connectivity index (χ0n) is 14.2. The lowest BCUT2D eigenvalue weighted by Crippen LogP contribution is -2.48.